The van der Waals surface area contributed by atoms with Gasteiger partial charge in [-0.15, -0.1) is 0 Å². The highest BCUT2D eigenvalue weighted by Gasteiger charge is 2.19. The van der Waals surface area contributed by atoms with Crippen LogP contribution in [0.1, 0.15) is 19.3 Å². The van der Waals surface area contributed by atoms with Crippen LogP contribution in [0.5, 0.6) is 0 Å². The highest BCUT2D eigenvalue weighted by Crippen LogP contribution is 2.18. The van der Waals surface area contributed by atoms with Gasteiger partial charge >= 0.3 is 0 Å². The molecule has 0 bridgehead atoms. The third-order valence-electron chi connectivity index (χ3n) is 3.47. The summed E-state index contributed by atoms with van der Waals surface area (Å²) in [6.07, 6.45) is 2.88. The Hall–Kier alpha value is -0.450. The average Bonchev–Trinajstić information content (AvgIpc) is 2.31. The maximum atomic E-state index is 11.9. The molecule has 0 aromatic carbocycles. The second-order valence-corrected chi connectivity index (χ2v) is 4.82. The van der Waals surface area contributed by atoms with Crippen molar-refractivity contribution in [2.24, 2.45) is 5.92 Å². The number of nitrogens with one attached hydrogen (secondary N) is 1. The van der Waals surface area contributed by atoms with Crippen molar-refractivity contribution in [2.45, 2.75) is 19.3 Å². The summed E-state index contributed by atoms with van der Waals surface area (Å²) in [7, 11) is 0. The highest BCUT2D eigenvalue weighted by atomic mass is 16.5. The van der Waals surface area contributed by atoms with E-state index in [1.54, 1.807) is 0 Å². The van der Waals surface area contributed by atoms with Gasteiger partial charge in [-0.3, -0.25) is 9.69 Å². The van der Waals surface area contributed by atoms with E-state index in [9.17, 15) is 4.79 Å². The maximum Gasteiger partial charge on any atom is 0.147 e. The summed E-state index contributed by atoms with van der Waals surface area (Å²) in [5.41, 5.74) is 0. The Bertz CT molecular complexity index is 199. The van der Waals surface area contributed by atoms with Gasteiger partial charge in [0, 0.05) is 45.8 Å². The van der Waals surface area contributed by atoms with Crippen LogP contribution in [0, 0.1) is 5.92 Å². The van der Waals surface area contributed by atoms with Gasteiger partial charge in [-0.2, -0.15) is 0 Å². The fraction of sp³-hybridized carbons (Fsp3) is 0.917. The van der Waals surface area contributed by atoms with Crippen molar-refractivity contribution in [1.29, 1.82) is 0 Å². The molecule has 0 amide bonds. The molecule has 0 atom stereocenters. The lowest BCUT2D eigenvalue weighted by Gasteiger charge is -2.27. The predicted molar refractivity (Wildman–Crippen MR) is 62.5 cm³/mol. The van der Waals surface area contributed by atoms with Crippen LogP contribution in [0.2, 0.25) is 0 Å². The van der Waals surface area contributed by atoms with Crippen LogP contribution >= 0.6 is 0 Å². The molecule has 4 nitrogen and oxygen atoms in total. The second kappa shape index (κ2) is 6.33. The molecule has 4 heteroatoms. The molecule has 2 fully saturated rings. The molecule has 16 heavy (non-hydrogen) atoms. The van der Waals surface area contributed by atoms with Crippen LogP contribution in [0.4, 0.5) is 0 Å². The summed E-state index contributed by atoms with van der Waals surface area (Å²) in [5, 5.41) is 3.30. The molecular formula is C12H22N2O2. The molecule has 0 saturated carbocycles. The van der Waals surface area contributed by atoms with Crippen molar-refractivity contribution in [3.05, 3.63) is 0 Å². The predicted octanol–water partition coefficient (Wildman–Crippen LogP) is 0.277. The zero-order valence-corrected chi connectivity index (χ0v) is 9.91. The van der Waals surface area contributed by atoms with E-state index in [4.69, 9.17) is 4.74 Å². The SMILES string of the molecule is O=C(CC1CCOCC1)CN1CCNCC1. The number of piperazine rings is 1. The topological polar surface area (TPSA) is 41.6 Å². The van der Waals surface area contributed by atoms with Gasteiger partial charge in [0.25, 0.3) is 0 Å². The zero-order valence-electron chi connectivity index (χ0n) is 9.91. The first-order valence-electron chi connectivity index (χ1n) is 6.37. The third-order valence-corrected chi connectivity index (χ3v) is 3.47. The van der Waals surface area contributed by atoms with Gasteiger partial charge in [-0.05, 0) is 18.8 Å². The van der Waals surface area contributed by atoms with Crippen LogP contribution in [0.15, 0.2) is 0 Å². The first kappa shape index (κ1) is 12.0. The van der Waals surface area contributed by atoms with E-state index < -0.39 is 0 Å². The number of carbonyl (C=O) groups is 1. The highest BCUT2D eigenvalue weighted by molar-refractivity contribution is 5.80. The van der Waals surface area contributed by atoms with Crippen LogP contribution in [0.25, 0.3) is 0 Å². The van der Waals surface area contributed by atoms with Crippen LogP contribution < -0.4 is 5.32 Å². The Morgan fingerprint density at radius 1 is 1.25 bits per heavy atom. The number of carbonyl (C=O) groups excluding carboxylic acids is 1. The number of ether oxygens (including phenoxy) is 1. The summed E-state index contributed by atoms with van der Waals surface area (Å²) >= 11 is 0. The van der Waals surface area contributed by atoms with E-state index in [0.717, 1.165) is 58.7 Å². The zero-order chi connectivity index (χ0) is 11.2. The summed E-state index contributed by atoms with van der Waals surface area (Å²) < 4.78 is 5.30. The molecule has 2 aliphatic rings. The maximum absolute atomic E-state index is 11.9. The molecule has 2 saturated heterocycles. The standard InChI is InChI=1S/C12H22N2O2/c15-12(9-11-1-7-16-8-2-11)10-14-5-3-13-4-6-14/h11,13H,1-10H2. The molecular weight excluding hydrogens is 204 g/mol. The van der Waals surface area contributed by atoms with Crippen LogP contribution in [-0.2, 0) is 9.53 Å². The van der Waals surface area contributed by atoms with Crippen molar-refractivity contribution < 1.29 is 9.53 Å². The van der Waals surface area contributed by atoms with Crippen molar-refractivity contribution in [3.8, 4) is 0 Å². The molecule has 2 aliphatic heterocycles. The number of hydrogen-bond acceptors (Lipinski definition) is 4. The quantitative estimate of drug-likeness (QED) is 0.747. The largest absolute Gasteiger partial charge is 0.381 e. The van der Waals surface area contributed by atoms with E-state index in [0.29, 0.717) is 18.2 Å². The molecule has 2 rings (SSSR count). The van der Waals surface area contributed by atoms with E-state index in [1.807, 2.05) is 0 Å². The lowest BCUT2D eigenvalue weighted by Crippen LogP contribution is -2.45. The second-order valence-electron chi connectivity index (χ2n) is 4.82. The minimum atomic E-state index is 0.411. The summed E-state index contributed by atoms with van der Waals surface area (Å²) in [4.78, 5) is 14.1. The smallest absolute Gasteiger partial charge is 0.147 e. The number of ketones is 1. The lowest BCUT2D eigenvalue weighted by molar-refractivity contribution is -0.121. The Balaban J connectivity index is 1.66. The number of Topliss-reactive ketones (excluding diaryl/α,β-unsaturated/α-hetero) is 1. The van der Waals surface area contributed by atoms with Gasteiger partial charge in [-0.25, -0.2) is 0 Å². The van der Waals surface area contributed by atoms with E-state index in [2.05, 4.69) is 10.2 Å². The van der Waals surface area contributed by atoms with Gasteiger partial charge < -0.3 is 10.1 Å². The van der Waals surface area contributed by atoms with Gasteiger partial charge in [-0.1, -0.05) is 0 Å². The Labute approximate surface area is 97.3 Å². The van der Waals surface area contributed by atoms with Crippen LogP contribution in [-0.4, -0.2) is 56.6 Å². The number of rotatable bonds is 4. The number of hydrogen-bond donors (Lipinski definition) is 1. The summed E-state index contributed by atoms with van der Waals surface area (Å²) in [6, 6.07) is 0. The van der Waals surface area contributed by atoms with Crippen molar-refractivity contribution >= 4 is 5.78 Å². The lowest BCUT2D eigenvalue weighted by atomic mass is 9.94. The Morgan fingerprint density at radius 3 is 2.62 bits per heavy atom. The molecule has 0 unspecified atom stereocenters. The summed E-state index contributed by atoms with van der Waals surface area (Å²) in [5.74, 6) is 0.984. The molecule has 0 aliphatic carbocycles. The minimum absolute atomic E-state index is 0.411. The third kappa shape index (κ3) is 3.85. The molecule has 2 heterocycles. The first-order valence-corrected chi connectivity index (χ1v) is 6.37. The fourth-order valence-electron chi connectivity index (χ4n) is 2.46. The monoisotopic (exact) mass is 226 g/mol. The van der Waals surface area contributed by atoms with Gasteiger partial charge in [0.15, 0.2) is 0 Å². The fourth-order valence-corrected chi connectivity index (χ4v) is 2.46. The van der Waals surface area contributed by atoms with Crippen molar-refractivity contribution in [2.75, 3.05) is 45.9 Å². The van der Waals surface area contributed by atoms with Gasteiger partial charge in [0.2, 0.25) is 0 Å². The average molecular weight is 226 g/mol. The molecule has 0 aromatic heterocycles. The van der Waals surface area contributed by atoms with E-state index >= 15 is 0 Å². The minimum Gasteiger partial charge on any atom is -0.381 e. The molecule has 0 radical (unpaired) electrons. The summed E-state index contributed by atoms with van der Waals surface area (Å²) in [6.45, 7) is 6.39. The Morgan fingerprint density at radius 2 is 1.94 bits per heavy atom. The first-order chi connectivity index (χ1) is 7.84. The molecule has 0 spiro atoms. The number of nitrogens with zero attached hydrogens (tertiary/aromatic N) is 1. The van der Waals surface area contributed by atoms with Crippen molar-refractivity contribution in [3.63, 3.8) is 0 Å². The molecule has 1 N–H and O–H groups in total. The van der Waals surface area contributed by atoms with E-state index in [-0.39, 0.29) is 0 Å². The van der Waals surface area contributed by atoms with Gasteiger partial charge in [0.1, 0.15) is 5.78 Å². The normalized spacial score (nSPS) is 24.5. The Kier molecular flexibility index (Phi) is 4.75. The van der Waals surface area contributed by atoms with Crippen LogP contribution in [0.3, 0.4) is 0 Å². The molecule has 0 aromatic rings. The van der Waals surface area contributed by atoms with Gasteiger partial charge in [0.05, 0.1) is 6.54 Å². The molecule has 92 valence electrons. The van der Waals surface area contributed by atoms with Crippen molar-refractivity contribution in [1.82, 2.24) is 10.2 Å². The van der Waals surface area contributed by atoms with E-state index in [1.165, 1.54) is 0 Å².